The number of aromatic nitrogens is 4. The Morgan fingerprint density at radius 2 is 1.97 bits per heavy atom. The topological polar surface area (TPSA) is 129 Å². The molecule has 2 aromatic heterocycles. The summed E-state index contributed by atoms with van der Waals surface area (Å²) in [6, 6.07) is 13.3. The van der Waals surface area contributed by atoms with Gasteiger partial charge < -0.3 is 20.0 Å². The summed E-state index contributed by atoms with van der Waals surface area (Å²) in [5.74, 6) is 0.270. The number of rotatable bonds is 4. The molecular weight excluding hydrogens is 434 g/mol. The van der Waals surface area contributed by atoms with Crippen LogP contribution in [-0.2, 0) is 37.0 Å². The summed E-state index contributed by atoms with van der Waals surface area (Å²) < 4.78 is 5.82. The van der Waals surface area contributed by atoms with E-state index >= 15 is 0 Å². The Hall–Kier alpha value is -4.21. The van der Waals surface area contributed by atoms with E-state index in [4.69, 9.17) is 4.42 Å². The van der Waals surface area contributed by atoms with Crippen molar-refractivity contribution in [1.82, 2.24) is 30.6 Å². The van der Waals surface area contributed by atoms with Crippen LogP contribution in [-0.4, -0.2) is 49.8 Å². The molecule has 3 heterocycles. The number of fused-ring (bicyclic) bond motifs is 3. The lowest BCUT2D eigenvalue weighted by atomic mass is 10.1. The fourth-order valence-electron chi connectivity index (χ4n) is 4.70. The van der Waals surface area contributed by atoms with E-state index < -0.39 is 0 Å². The maximum absolute atomic E-state index is 12.7. The largest absolute Gasteiger partial charge is 0.440 e. The molecule has 0 atom stereocenters. The molecule has 0 unspecified atom stereocenters. The first-order valence-corrected chi connectivity index (χ1v) is 11.3. The van der Waals surface area contributed by atoms with Gasteiger partial charge in [-0.15, -0.1) is 5.10 Å². The van der Waals surface area contributed by atoms with E-state index in [1.54, 1.807) is 23.1 Å². The van der Waals surface area contributed by atoms with Gasteiger partial charge in [-0.25, -0.2) is 9.78 Å². The van der Waals surface area contributed by atoms with Crippen molar-refractivity contribution in [2.75, 3.05) is 11.9 Å². The van der Waals surface area contributed by atoms with Crippen LogP contribution in [0.1, 0.15) is 28.4 Å². The van der Waals surface area contributed by atoms with Crippen molar-refractivity contribution in [1.29, 1.82) is 0 Å². The number of carbonyl (C=O) groups is 2. The van der Waals surface area contributed by atoms with Gasteiger partial charge >= 0.3 is 6.03 Å². The molecule has 1 aliphatic carbocycles. The zero-order valence-corrected chi connectivity index (χ0v) is 18.4. The summed E-state index contributed by atoms with van der Waals surface area (Å²) in [5.41, 5.74) is 6.10. The van der Waals surface area contributed by atoms with E-state index in [2.05, 4.69) is 43.2 Å². The molecule has 0 radical (unpaired) electrons. The SMILES string of the molecule is O=C(Nc1ccc2nc(CC(=O)N3CCc4[nH]nnc4C3)oc2c1)NC1Cc2ccccc2C1. The molecule has 34 heavy (non-hydrogen) atoms. The number of H-pyrrole nitrogens is 1. The van der Waals surface area contributed by atoms with E-state index in [1.807, 2.05) is 12.1 Å². The van der Waals surface area contributed by atoms with Crippen LogP contribution < -0.4 is 10.6 Å². The number of hydrogen-bond acceptors (Lipinski definition) is 6. The highest BCUT2D eigenvalue weighted by Crippen LogP contribution is 2.23. The molecule has 3 N–H and O–H groups in total. The van der Waals surface area contributed by atoms with Crippen molar-refractivity contribution in [3.8, 4) is 0 Å². The van der Waals surface area contributed by atoms with E-state index in [-0.39, 0.29) is 24.4 Å². The summed E-state index contributed by atoms with van der Waals surface area (Å²) >= 11 is 0. The van der Waals surface area contributed by atoms with Gasteiger partial charge in [0.2, 0.25) is 11.8 Å². The summed E-state index contributed by atoms with van der Waals surface area (Å²) in [7, 11) is 0. The second kappa shape index (κ2) is 8.29. The highest BCUT2D eigenvalue weighted by atomic mass is 16.3. The van der Waals surface area contributed by atoms with Gasteiger partial charge in [-0.2, -0.15) is 0 Å². The van der Waals surface area contributed by atoms with Crippen LogP contribution in [0.25, 0.3) is 11.1 Å². The van der Waals surface area contributed by atoms with Crippen molar-refractivity contribution >= 4 is 28.7 Å². The second-order valence-electron chi connectivity index (χ2n) is 8.74. The first kappa shape index (κ1) is 20.4. The lowest BCUT2D eigenvalue weighted by Gasteiger charge is -2.25. The molecule has 0 fully saturated rings. The molecule has 6 rings (SSSR count). The Kier molecular flexibility index (Phi) is 4.97. The first-order chi connectivity index (χ1) is 16.6. The molecule has 0 saturated heterocycles. The molecule has 4 aromatic rings. The molecule has 3 amide bonds. The van der Waals surface area contributed by atoms with Crippen molar-refractivity contribution in [2.45, 2.75) is 38.3 Å². The zero-order chi connectivity index (χ0) is 23.1. The van der Waals surface area contributed by atoms with E-state index in [9.17, 15) is 9.59 Å². The molecule has 10 heteroatoms. The lowest BCUT2D eigenvalue weighted by Crippen LogP contribution is -2.38. The number of anilines is 1. The molecule has 2 aromatic carbocycles. The minimum absolute atomic E-state index is 0.0628. The summed E-state index contributed by atoms with van der Waals surface area (Å²) in [5, 5.41) is 16.6. The minimum Gasteiger partial charge on any atom is -0.440 e. The Morgan fingerprint density at radius 3 is 2.79 bits per heavy atom. The minimum atomic E-state index is -0.260. The molecule has 2 aliphatic rings. The van der Waals surface area contributed by atoms with Crippen molar-refractivity contribution in [3.63, 3.8) is 0 Å². The molecular formula is C24H23N7O3. The fourth-order valence-corrected chi connectivity index (χ4v) is 4.70. The molecule has 0 spiro atoms. The normalized spacial score (nSPS) is 15.2. The molecule has 1 aliphatic heterocycles. The standard InChI is InChI=1S/C24H23N7O3/c32-23(31-8-7-18-20(13-31)29-30-28-18)12-22-27-19-6-5-16(11-21(19)34-22)25-24(33)26-17-9-14-3-1-2-4-15(14)10-17/h1-6,11,17H,7-10,12-13H2,(H2,25,26,33)(H,28,29,30). The van der Waals surface area contributed by atoms with Gasteiger partial charge in [-0.3, -0.25) is 9.89 Å². The number of nitrogens with one attached hydrogen (secondary N) is 3. The predicted octanol–water partition coefficient (Wildman–Crippen LogP) is 2.36. The number of oxazole rings is 1. The third kappa shape index (κ3) is 3.98. The highest BCUT2D eigenvalue weighted by Gasteiger charge is 2.25. The maximum atomic E-state index is 12.7. The maximum Gasteiger partial charge on any atom is 0.319 e. The summed E-state index contributed by atoms with van der Waals surface area (Å²) in [6.07, 6.45) is 2.42. The number of hydrogen-bond donors (Lipinski definition) is 3. The Morgan fingerprint density at radius 1 is 1.15 bits per heavy atom. The average molecular weight is 457 g/mol. The lowest BCUT2D eigenvalue weighted by molar-refractivity contribution is -0.131. The number of aromatic amines is 1. The third-order valence-electron chi connectivity index (χ3n) is 6.41. The van der Waals surface area contributed by atoms with Crippen molar-refractivity contribution < 1.29 is 14.0 Å². The number of carbonyl (C=O) groups excluding carboxylic acids is 2. The van der Waals surface area contributed by atoms with Gasteiger partial charge in [-0.1, -0.05) is 29.5 Å². The van der Waals surface area contributed by atoms with E-state index in [0.717, 1.165) is 24.2 Å². The summed E-state index contributed by atoms with van der Waals surface area (Å²) in [6.45, 7) is 1.03. The highest BCUT2D eigenvalue weighted by molar-refractivity contribution is 5.92. The molecule has 10 nitrogen and oxygen atoms in total. The molecule has 0 bridgehead atoms. The monoisotopic (exact) mass is 457 g/mol. The van der Waals surface area contributed by atoms with E-state index in [1.165, 1.54) is 11.1 Å². The predicted molar refractivity (Wildman–Crippen MR) is 123 cm³/mol. The van der Waals surface area contributed by atoms with Crippen LogP contribution in [0.5, 0.6) is 0 Å². The molecule has 172 valence electrons. The van der Waals surface area contributed by atoms with Gasteiger partial charge in [0.1, 0.15) is 17.6 Å². The number of urea groups is 1. The number of nitrogens with zero attached hydrogens (tertiary/aromatic N) is 4. The van der Waals surface area contributed by atoms with Crippen LogP contribution >= 0.6 is 0 Å². The van der Waals surface area contributed by atoms with Crippen molar-refractivity contribution in [2.24, 2.45) is 0 Å². The van der Waals surface area contributed by atoms with Gasteiger partial charge in [0.15, 0.2) is 5.58 Å². The first-order valence-electron chi connectivity index (χ1n) is 11.3. The zero-order valence-electron chi connectivity index (χ0n) is 18.4. The van der Waals surface area contributed by atoms with Gasteiger partial charge in [-0.05, 0) is 36.1 Å². The second-order valence-corrected chi connectivity index (χ2v) is 8.74. The molecule has 0 saturated carbocycles. The Labute approximate surface area is 194 Å². The Bertz CT molecular complexity index is 1370. The smallest absolute Gasteiger partial charge is 0.319 e. The average Bonchev–Trinajstić information content (AvgIpc) is 3.55. The van der Waals surface area contributed by atoms with Gasteiger partial charge in [0.05, 0.1) is 12.2 Å². The van der Waals surface area contributed by atoms with Gasteiger partial charge in [0, 0.05) is 30.8 Å². The Balaban J connectivity index is 1.08. The van der Waals surface area contributed by atoms with Crippen LogP contribution in [0.15, 0.2) is 46.9 Å². The number of amides is 3. The fraction of sp³-hybridized carbons (Fsp3) is 0.292. The van der Waals surface area contributed by atoms with Crippen LogP contribution in [0, 0.1) is 0 Å². The quantitative estimate of drug-likeness (QED) is 0.432. The summed E-state index contributed by atoms with van der Waals surface area (Å²) in [4.78, 5) is 31.4. The van der Waals surface area contributed by atoms with Crippen LogP contribution in [0.4, 0.5) is 10.5 Å². The van der Waals surface area contributed by atoms with Crippen LogP contribution in [0.3, 0.4) is 0 Å². The van der Waals surface area contributed by atoms with Crippen molar-refractivity contribution in [3.05, 3.63) is 70.9 Å². The van der Waals surface area contributed by atoms with E-state index in [0.29, 0.717) is 42.2 Å². The third-order valence-corrected chi connectivity index (χ3v) is 6.41. The number of benzene rings is 2. The van der Waals surface area contributed by atoms with Gasteiger partial charge in [0.25, 0.3) is 0 Å². The van der Waals surface area contributed by atoms with Crippen LogP contribution in [0.2, 0.25) is 0 Å².